The van der Waals surface area contributed by atoms with Crippen LogP contribution in [0.1, 0.15) is 5.69 Å². The van der Waals surface area contributed by atoms with Gasteiger partial charge in [-0.2, -0.15) is 5.26 Å². The number of nitriles is 1. The third kappa shape index (κ3) is 3.59. The zero-order valence-electron chi connectivity index (χ0n) is 12.7. The van der Waals surface area contributed by atoms with Crippen molar-refractivity contribution in [3.8, 4) is 6.07 Å². The van der Waals surface area contributed by atoms with Crippen LogP contribution in [0.2, 0.25) is 0 Å². The van der Waals surface area contributed by atoms with E-state index in [-0.39, 0.29) is 5.69 Å². The number of benzene rings is 1. The number of nitrogens with zero attached hydrogens (tertiary/aromatic N) is 3. The van der Waals surface area contributed by atoms with E-state index in [9.17, 15) is 26.9 Å². The second kappa shape index (κ2) is 6.50. The maximum Gasteiger partial charge on any atom is 0.289 e. The molecule has 2 aromatic rings. The maximum absolute atomic E-state index is 12.8. The van der Waals surface area contributed by atoms with Gasteiger partial charge in [0.2, 0.25) is 0 Å². The molecule has 0 saturated heterocycles. The molecule has 2 rings (SSSR count). The van der Waals surface area contributed by atoms with Crippen LogP contribution in [-0.4, -0.2) is 32.0 Å². The van der Waals surface area contributed by atoms with Crippen molar-refractivity contribution in [2.24, 2.45) is 0 Å². The van der Waals surface area contributed by atoms with Gasteiger partial charge in [-0.25, -0.2) is 20.8 Å². The Hall–Kier alpha value is -2.97. The summed E-state index contributed by atoms with van der Waals surface area (Å²) >= 11 is 0. The maximum atomic E-state index is 12.8. The zero-order valence-corrected chi connectivity index (χ0v) is 14.4. The number of nitro benzene ring substituents is 1. The van der Waals surface area contributed by atoms with Gasteiger partial charge in [0.25, 0.3) is 15.7 Å². The molecule has 130 valence electrons. The first-order valence-electron chi connectivity index (χ1n) is 6.57. The van der Waals surface area contributed by atoms with Crippen LogP contribution in [0.5, 0.6) is 0 Å². The summed E-state index contributed by atoms with van der Waals surface area (Å²) in [6.45, 7) is 0. The molecule has 0 radical (unpaired) electrons. The average molecular weight is 381 g/mol. The molecule has 0 aliphatic carbocycles. The fourth-order valence-electron chi connectivity index (χ4n) is 2.00. The topological polar surface area (TPSA) is 140 Å². The molecule has 0 unspecified atom stereocenters. The smallest absolute Gasteiger partial charge is 0.258 e. The summed E-state index contributed by atoms with van der Waals surface area (Å²) in [5.74, 6) is 0. The van der Waals surface area contributed by atoms with Crippen LogP contribution in [0.3, 0.4) is 0 Å². The van der Waals surface area contributed by atoms with Crippen molar-refractivity contribution in [3.63, 3.8) is 0 Å². The lowest BCUT2D eigenvalue weighted by Crippen LogP contribution is -2.15. The van der Waals surface area contributed by atoms with Crippen LogP contribution in [0.15, 0.2) is 52.4 Å². The summed E-state index contributed by atoms with van der Waals surface area (Å²) in [5.41, 5.74) is -0.741. The SMILES string of the molecule is CS(=O)(=O)C(C#N)=Cc1cccn1S(=O)(=O)c1ccccc1[N+](=O)[O-]. The van der Waals surface area contributed by atoms with E-state index in [1.165, 1.54) is 30.3 Å². The summed E-state index contributed by atoms with van der Waals surface area (Å²) in [7, 11) is -8.23. The third-order valence-corrected chi connectivity index (χ3v) is 5.89. The van der Waals surface area contributed by atoms with Crippen molar-refractivity contribution in [2.75, 3.05) is 6.26 Å². The molecular formula is C14H11N3O6S2. The Balaban J connectivity index is 2.71. The summed E-state index contributed by atoms with van der Waals surface area (Å²) in [6, 6.07) is 8.84. The van der Waals surface area contributed by atoms with Crippen molar-refractivity contribution in [2.45, 2.75) is 4.90 Å². The molecule has 1 heterocycles. The van der Waals surface area contributed by atoms with E-state index in [4.69, 9.17) is 5.26 Å². The van der Waals surface area contributed by atoms with Crippen LogP contribution in [-0.2, 0) is 19.9 Å². The predicted octanol–water partition coefficient (Wildman–Crippen LogP) is 1.54. The molecular weight excluding hydrogens is 370 g/mol. The minimum Gasteiger partial charge on any atom is -0.258 e. The highest BCUT2D eigenvalue weighted by molar-refractivity contribution is 7.95. The molecule has 0 saturated carbocycles. The fourth-order valence-corrected chi connectivity index (χ4v) is 3.99. The Morgan fingerprint density at radius 2 is 1.84 bits per heavy atom. The van der Waals surface area contributed by atoms with Gasteiger partial charge < -0.3 is 0 Å². The van der Waals surface area contributed by atoms with E-state index in [0.29, 0.717) is 3.97 Å². The predicted molar refractivity (Wildman–Crippen MR) is 88.5 cm³/mol. The van der Waals surface area contributed by atoms with Gasteiger partial charge in [-0.05, 0) is 24.3 Å². The summed E-state index contributed by atoms with van der Waals surface area (Å²) in [5, 5.41) is 20.0. The van der Waals surface area contributed by atoms with Crippen molar-refractivity contribution < 1.29 is 21.8 Å². The molecule has 1 aromatic heterocycles. The van der Waals surface area contributed by atoms with E-state index in [2.05, 4.69) is 0 Å². The first-order chi connectivity index (χ1) is 11.6. The lowest BCUT2D eigenvalue weighted by atomic mass is 10.3. The largest absolute Gasteiger partial charge is 0.289 e. The quantitative estimate of drug-likeness (QED) is 0.434. The lowest BCUT2D eigenvalue weighted by Gasteiger charge is -2.09. The monoisotopic (exact) mass is 381 g/mol. The fraction of sp³-hybridized carbons (Fsp3) is 0.0714. The van der Waals surface area contributed by atoms with E-state index in [1.807, 2.05) is 0 Å². The average Bonchev–Trinajstić information content (AvgIpc) is 3.00. The van der Waals surface area contributed by atoms with E-state index in [0.717, 1.165) is 30.7 Å². The van der Waals surface area contributed by atoms with E-state index < -0.39 is 40.3 Å². The Bertz CT molecular complexity index is 1120. The van der Waals surface area contributed by atoms with Gasteiger partial charge in [0.05, 0.1) is 10.6 Å². The molecule has 0 spiro atoms. The molecule has 9 nitrogen and oxygen atoms in total. The van der Waals surface area contributed by atoms with Crippen molar-refractivity contribution in [1.82, 2.24) is 3.97 Å². The van der Waals surface area contributed by atoms with Crippen LogP contribution in [0.25, 0.3) is 6.08 Å². The van der Waals surface area contributed by atoms with Crippen LogP contribution in [0, 0.1) is 21.4 Å². The van der Waals surface area contributed by atoms with Crippen LogP contribution < -0.4 is 0 Å². The Kier molecular flexibility index (Phi) is 4.78. The molecule has 0 bridgehead atoms. The highest BCUT2D eigenvalue weighted by atomic mass is 32.2. The number of sulfone groups is 1. The Labute approximate surface area is 143 Å². The molecule has 0 fully saturated rings. The highest BCUT2D eigenvalue weighted by Gasteiger charge is 2.28. The van der Waals surface area contributed by atoms with Crippen molar-refractivity contribution in [3.05, 3.63) is 63.3 Å². The molecule has 25 heavy (non-hydrogen) atoms. The van der Waals surface area contributed by atoms with Gasteiger partial charge in [-0.1, -0.05) is 12.1 Å². The van der Waals surface area contributed by atoms with Crippen LogP contribution in [0.4, 0.5) is 5.69 Å². The Morgan fingerprint density at radius 1 is 1.20 bits per heavy atom. The van der Waals surface area contributed by atoms with E-state index >= 15 is 0 Å². The van der Waals surface area contributed by atoms with Crippen LogP contribution >= 0.6 is 0 Å². The van der Waals surface area contributed by atoms with Gasteiger partial charge in [0.15, 0.2) is 14.7 Å². The van der Waals surface area contributed by atoms with Gasteiger partial charge in [0, 0.05) is 18.5 Å². The number of aromatic nitrogens is 1. The molecule has 1 aromatic carbocycles. The number of hydrogen-bond donors (Lipinski definition) is 0. The number of rotatable bonds is 5. The molecule has 0 aliphatic rings. The molecule has 11 heteroatoms. The first kappa shape index (κ1) is 18.4. The molecule has 0 atom stereocenters. The molecule has 0 amide bonds. The second-order valence-electron chi connectivity index (χ2n) is 4.85. The number of para-hydroxylation sites is 1. The standard InChI is InChI=1S/C14H11N3O6S2/c1-24(20,21)12(10-15)9-11-5-4-8-16(11)25(22,23)14-7-3-2-6-13(14)17(18)19/h2-9H,1H3. The second-order valence-corrected chi connectivity index (χ2v) is 8.62. The van der Waals surface area contributed by atoms with Gasteiger partial charge in [-0.3, -0.25) is 10.1 Å². The number of nitro groups is 1. The molecule has 0 aliphatic heterocycles. The number of allylic oxidation sites excluding steroid dienone is 1. The van der Waals surface area contributed by atoms with Crippen molar-refractivity contribution in [1.29, 1.82) is 5.26 Å². The van der Waals surface area contributed by atoms with E-state index in [1.54, 1.807) is 0 Å². The highest BCUT2D eigenvalue weighted by Crippen LogP contribution is 2.27. The minimum absolute atomic E-state index is 0.125. The first-order valence-corrected chi connectivity index (χ1v) is 9.90. The lowest BCUT2D eigenvalue weighted by molar-refractivity contribution is -0.387. The summed E-state index contributed by atoms with van der Waals surface area (Å²) in [6.07, 6.45) is 2.81. The zero-order chi connectivity index (χ0) is 18.8. The van der Waals surface area contributed by atoms with Gasteiger partial charge in [-0.15, -0.1) is 0 Å². The van der Waals surface area contributed by atoms with Gasteiger partial charge >= 0.3 is 0 Å². The summed E-state index contributed by atoms with van der Waals surface area (Å²) < 4.78 is 49.2. The number of hydrogen-bond acceptors (Lipinski definition) is 7. The minimum atomic E-state index is -4.38. The Morgan fingerprint density at radius 3 is 2.40 bits per heavy atom. The normalized spacial score (nSPS) is 12.6. The third-order valence-electron chi connectivity index (χ3n) is 3.13. The van der Waals surface area contributed by atoms with Gasteiger partial charge in [0.1, 0.15) is 11.0 Å². The molecule has 0 N–H and O–H groups in total. The van der Waals surface area contributed by atoms with Crippen molar-refractivity contribution >= 4 is 31.6 Å². The summed E-state index contributed by atoms with van der Waals surface area (Å²) in [4.78, 5) is 9.06.